The Balaban J connectivity index is 0.929. The SMILES string of the molecule is CC1(C)c2cc(-c3cccc4ccccc34)ccc2-c2ccc(N(c3ccc(-c4ccccc4)cc3)c3ccc(-c4ccc(-c5ccc(-c6ccccc6)cc5)cc4)cc3)cc21. The van der Waals surface area contributed by atoms with E-state index in [2.05, 4.69) is 255 Å². The number of rotatable bonds is 8. The Labute approximate surface area is 364 Å². The Kier molecular flexibility index (Phi) is 9.24. The van der Waals surface area contributed by atoms with E-state index in [-0.39, 0.29) is 5.41 Å². The Morgan fingerprint density at radius 1 is 0.274 bits per heavy atom. The Morgan fingerprint density at radius 2 is 0.645 bits per heavy atom. The zero-order chi connectivity index (χ0) is 41.6. The highest BCUT2D eigenvalue weighted by molar-refractivity contribution is 5.98. The second-order valence-electron chi connectivity index (χ2n) is 17.0. The van der Waals surface area contributed by atoms with Crippen LogP contribution in [0.25, 0.3) is 77.5 Å². The summed E-state index contributed by atoms with van der Waals surface area (Å²) in [6.45, 7) is 4.76. The van der Waals surface area contributed by atoms with Gasteiger partial charge in [-0.3, -0.25) is 0 Å². The molecule has 0 amide bonds. The van der Waals surface area contributed by atoms with Crippen molar-refractivity contribution in [2.45, 2.75) is 19.3 Å². The molecule has 0 atom stereocenters. The number of nitrogens with zero attached hydrogens (tertiary/aromatic N) is 1. The van der Waals surface area contributed by atoms with Gasteiger partial charge in [-0.05, 0) is 131 Å². The van der Waals surface area contributed by atoms with Crippen molar-refractivity contribution in [1.82, 2.24) is 0 Å². The summed E-state index contributed by atoms with van der Waals surface area (Å²) in [7, 11) is 0. The molecule has 0 fully saturated rings. The van der Waals surface area contributed by atoms with Gasteiger partial charge in [0.05, 0.1) is 0 Å². The molecular weight excluding hydrogens is 747 g/mol. The minimum Gasteiger partial charge on any atom is -0.310 e. The van der Waals surface area contributed by atoms with E-state index in [0.29, 0.717) is 0 Å². The fourth-order valence-electron chi connectivity index (χ4n) is 9.53. The number of fused-ring (bicyclic) bond motifs is 4. The highest BCUT2D eigenvalue weighted by Gasteiger charge is 2.36. The monoisotopic (exact) mass is 791 g/mol. The van der Waals surface area contributed by atoms with E-state index in [9.17, 15) is 0 Å². The van der Waals surface area contributed by atoms with Crippen molar-refractivity contribution in [2.24, 2.45) is 0 Å². The van der Waals surface area contributed by atoms with Crippen LogP contribution in [-0.2, 0) is 5.41 Å². The van der Waals surface area contributed by atoms with Gasteiger partial charge in [0.1, 0.15) is 0 Å². The summed E-state index contributed by atoms with van der Waals surface area (Å²) in [6, 6.07) is 86.5. The summed E-state index contributed by atoms with van der Waals surface area (Å²) in [5, 5.41) is 2.55. The van der Waals surface area contributed by atoms with E-state index in [1.165, 1.54) is 88.7 Å². The third-order valence-electron chi connectivity index (χ3n) is 12.9. The van der Waals surface area contributed by atoms with Crippen LogP contribution in [0.15, 0.2) is 237 Å². The van der Waals surface area contributed by atoms with Gasteiger partial charge >= 0.3 is 0 Å². The molecule has 0 spiro atoms. The molecule has 0 aromatic heterocycles. The molecule has 1 aliphatic carbocycles. The topological polar surface area (TPSA) is 3.24 Å². The van der Waals surface area contributed by atoms with E-state index in [4.69, 9.17) is 0 Å². The second kappa shape index (κ2) is 15.4. The summed E-state index contributed by atoms with van der Waals surface area (Å²) in [5.41, 5.74) is 20.7. The molecule has 62 heavy (non-hydrogen) atoms. The van der Waals surface area contributed by atoms with Crippen molar-refractivity contribution in [1.29, 1.82) is 0 Å². The zero-order valence-corrected chi connectivity index (χ0v) is 35.0. The fraction of sp³-hybridized carbons (Fsp3) is 0.0492. The smallest absolute Gasteiger partial charge is 0.0465 e. The highest BCUT2D eigenvalue weighted by Crippen LogP contribution is 2.52. The molecule has 294 valence electrons. The molecule has 0 bridgehead atoms. The second-order valence-corrected chi connectivity index (χ2v) is 17.0. The predicted molar refractivity (Wildman–Crippen MR) is 263 cm³/mol. The van der Waals surface area contributed by atoms with E-state index >= 15 is 0 Å². The lowest BCUT2D eigenvalue weighted by molar-refractivity contribution is 0.660. The number of benzene rings is 10. The van der Waals surface area contributed by atoms with E-state index in [0.717, 1.165) is 17.1 Å². The molecule has 10 aromatic rings. The third-order valence-corrected chi connectivity index (χ3v) is 12.9. The van der Waals surface area contributed by atoms with Crippen molar-refractivity contribution >= 4 is 27.8 Å². The summed E-state index contributed by atoms with van der Waals surface area (Å²) in [5.74, 6) is 0. The predicted octanol–water partition coefficient (Wildman–Crippen LogP) is 17.0. The average molecular weight is 792 g/mol. The molecule has 1 heteroatoms. The van der Waals surface area contributed by atoms with Gasteiger partial charge in [-0.2, -0.15) is 0 Å². The first-order valence-corrected chi connectivity index (χ1v) is 21.6. The molecule has 1 aliphatic rings. The Morgan fingerprint density at radius 3 is 1.16 bits per heavy atom. The molecule has 0 unspecified atom stereocenters. The molecule has 0 heterocycles. The van der Waals surface area contributed by atoms with Crippen LogP contribution in [0.2, 0.25) is 0 Å². The lowest BCUT2D eigenvalue weighted by Crippen LogP contribution is -2.16. The van der Waals surface area contributed by atoms with Crippen molar-refractivity contribution in [3.8, 4) is 66.8 Å². The first-order valence-electron chi connectivity index (χ1n) is 21.6. The van der Waals surface area contributed by atoms with Crippen molar-refractivity contribution in [3.63, 3.8) is 0 Å². The first-order chi connectivity index (χ1) is 30.5. The summed E-state index contributed by atoms with van der Waals surface area (Å²) in [6.07, 6.45) is 0. The highest BCUT2D eigenvalue weighted by atomic mass is 15.1. The molecule has 11 rings (SSSR count). The Hall–Kier alpha value is -7.74. The lowest BCUT2D eigenvalue weighted by Gasteiger charge is -2.28. The largest absolute Gasteiger partial charge is 0.310 e. The van der Waals surface area contributed by atoms with Crippen LogP contribution in [0.4, 0.5) is 17.1 Å². The van der Waals surface area contributed by atoms with E-state index in [1.54, 1.807) is 0 Å². The van der Waals surface area contributed by atoms with Gasteiger partial charge in [0, 0.05) is 22.5 Å². The fourth-order valence-corrected chi connectivity index (χ4v) is 9.53. The van der Waals surface area contributed by atoms with Crippen LogP contribution in [-0.4, -0.2) is 0 Å². The molecular formula is C61H45N. The van der Waals surface area contributed by atoms with Gasteiger partial charge in [-0.25, -0.2) is 0 Å². The normalized spacial score (nSPS) is 12.5. The van der Waals surface area contributed by atoms with Gasteiger partial charge < -0.3 is 4.90 Å². The van der Waals surface area contributed by atoms with Gasteiger partial charge in [0.25, 0.3) is 0 Å². The maximum Gasteiger partial charge on any atom is 0.0465 e. The third kappa shape index (κ3) is 6.69. The van der Waals surface area contributed by atoms with Crippen LogP contribution in [0, 0.1) is 0 Å². The average Bonchev–Trinajstić information content (AvgIpc) is 3.57. The van der Waals surface area contributed by atoms with Crippen molar-refractivity contribution in [2.75, 3.05) is 4.90 Å². The summed E-state index contributed by atoms with van der Waals surface area (Å²) >= 11 is 0. The number of hydrogen-bond acceptors (Lipinski definition) is 1. The first kappa shape index (κ1) is 37.3. The molecule has 0 N–H and O–H groups in total. The van der Waals surface area contributed by atoms with Gasteiger partial charge in [0.2, 0.25) is 0 Å². The Bertz CT molecular complexity index is 3190. The van der Waals surface area contributed by atoms with Crippen LogP contribution < -0.4 is 4.90 Å². The van der Waals surface area contributed by atoms with Gasteiger partial charge in [0.15, 0.2) is 0 Å². The van der Waals surface area contributed by atoms with E-state index < -0.39 is 0 Å². The zero-order valence-electron chi connectivity index (χ0n) is 35.0. The molecule has 0 saturated heterocycles. The maximum absolute atomic E-state index is 2.43. The van der Waals surface area contributed by atoms with Crippen molar-refractivity contribution < 1.29 is 0 Å². The molecule has 0 saturated carbocycles. The molecule has 0 radical (unpaired) electrons. The number of anilines is 3. The quantitative estimate of drug-likeness (QED) is 0.148. The standard InChI is InChI=1S/C61H45N/c1-61(2)59-40-51(56-19-11-17-50-16-9-10-18-55(50)56)32-38-57(59)58-39-37-54(41-60(58)61)62(52-33-28-48(29-34-52)43-14-7-4-8-15-43)53-35-30-49(31-36-53)47-26-24-46(25-27-47)45-22-20-44(21-23-45)42-12-5-3-6-13-42/h3-41H,1-2H3. The minimum atomic E-state index is -0.190. The summed E-state index contributed by atoms with van der Waals surface area (Å²) in [4.78, 5) is 2.40. The van der Waals surface area contributed by atoms with Crippen LogP contribution in [0.1, 0.15) is 25.0 Å². The molecule has 10 aromatic carbocycles. The number of hydrogen-bond donors (Lipinski definition) is 0. The van der Waals surface area contributed by atoms with Gasteiger partial charge in [-0.15, -0.1) is 0 Å². The molecule has 0 aliphatic heterocycles. The minimum absolute atomic E-state index is 0.190. The van der Waals surface area contributed by atoms with Crippen LogP contribution >= 0.6 is 0 Å². The molecule has 1 nitrogen and oxygen atoms in total. The van der Waals surface area contributed by atoms with Crippen molar-refractivity contribution in [3.05, 3.63) is 248 Å². The lowest BCUT2D eigenvalue weighted by atomic mass is 9.81. The van der Waals surface area contributed by atoms with Crippen LogP contribution in [0.5, 0.6) is 0 Å². The van der Waals surface area contributed by atoms with E-state index in [1.807, 2.05) is 0 Å². The van der Waals surface area contributed by atoms with Crippen LogP contribution in [0.3, 0.4) is 0 Å². The summed E-state index contributed by atoms with van der Waals surface area (Å²) < 4.78 is 0. The maximum atomic E-state index is 2.43. The van der Waals surface area contributed by atoms with Gasteiger partial charge in [-0.1, -0.05) is 208 Å².